The summed E-state index contributed by atoms with van der Waals surface area (Å²) in [6.45, 7) is 7.24. The van der Waals surface area contributed by atoms with Gasteiger partial charge in [0.25, 0.3) is 0 Å². The molecule has 0 aromatic carbocycles. The van der Waals surface area contributed by atoms with Gasteiger partial charge in [-0.05, 0) is 61.7 Å². The van der Waals surface area contributed by atoms with Gasteiger partial charge < -0.3 is 19.0 Å². The molecule has 8 heteroatoms. The first-order valence-corrected chi connectivity index (χ1v) is 10.1. The summed E-state index contributed by atoms with van der Waals surface area (Å²) in [6.07, 6.45) is 1.20. The average molecular weight is 431 g/mol. The van der Waals surface area contributed by atoms with Crippen molar-refractivity contribution in [1.29, 1.82) is 0 Å². The minimum Gasteiger partial charge on any atom is -0.452 e. The Morgan fingerprint density at radius 1 is 1.36 bits per heavy atom. The largest absolute Gasteiger partial charge is 0.452 e. The van der Waals surface area contributed by atoms with Crippen LogP contribution in [-0.2, 0) is 16.1 Å². The average Bonchev–Trinajstić information content (AvgIpc) is 3.06. The minimum atomic E-state index is -0.497. The first kappa shape index (κ1) is 18.6. The Bertz CT molecular complexity index is 662. The Hall–Kier alpha value is -1.15. The van der Waals surface area contributed by atoms with Gasteiger partial charge in [0.2, 0.25) is 5.91 Å². The van der Waals surface area contributed by atoms with Gasteiger partial charge in [-0.25, -0.2) is 4.79 Å². The van der Waals surface area contributed by atoms with Crippen LogP contribution in [0.4, 0.5) is 4.79 Å². The van der Waals surface area contributed by atoms with Crippen LogP contribution in [0.1, 0.15) is 39.4 Å². The van der Waals surface area contributed by atoms with Crippen molar-refractivity contribution in [3.8, 4) is 0 Å². The van der Waals surface area contributed by atoms with Crippen LogP contribution in [0.5, 0.6) is 0 Å². The third-order valence-corrected chi connectivity index (χ3v) is 6.38. The first-order chi connectivity index (χ1) is 11.7. The van der Waals surface area contributed by atoms with Crippen LogP contribution in [0.3, 0.4) is 0 Å². The third kappa shape index (κ3) is 4.16. The highest BCUT2D eigenvalue weighted by Gasteiger charge is 2.48. The maximum atomic E-state index is 12.4. The van der Waals surface area contributed by atoms with E-state index >= 15 is 0 Å². The number of hydrogen-bond donors (Lipinski definition) is 0. The van der Waals surface area contributed by atoms with Crippen LogP contribution in [0, 0.1) is 0 Å². The van der Waals surface area contributed by atoms with Gasteiger partial charge in [-0.2, -0.15) is 0 Å². The van der Waals surface area contributed by atoms with Crippen molar-refractivity contribution in [3.63, 3.8) is 0 Å². The van der Waals surface area contributed by atoms with Crippen molar-refractivity contribution in [1.82, 2.24) is 9.80 Å². The van der Waals surface area contributed by atoms with Crippen molar-refractivity contribution in [2.24, 2.45) is 0 Å². The number of nitrogens with zero attached hydrogens (tertiary/aromatic N) is 2. The SMILES string of the molecule is CC(C)(C)OC(=O)N1CCC2(CC1)SCC(=O)N2Cc1ccc(Br)o1. The molecule has 0 saturated carbocycles. The van der Waals surface area contributed by atoms with E-state index in [9.17, 15) is 9.59 Å². The van der Waals surface area contributed by atoms with E-state index in [0.29, 0.717) is 30.1 Å². The molecular formula is C17H23BrN2O4S. The van der Waals surface area contributed by atoms with Crippen LogP contribution >= 0.6 is 27.7 Å². The van der Waals surface area contributed by atoms with Gasteiger partial charge >= 0.3 is 6.09 Å². The van der Waals surface area contributed by atoms with Crippen molar-refractivity contribution < 1.29 is 18.7 Å². The lowest BCUT2D eigenvalue weighted by Crippen LogP contribution is -2.53. The molecule has 138 valence electrons. The maximum Gasteiger partial charge on any atom is 0.410 e. The standard InChI is InChI=1S/C17H23BrN2O4S/c1-16(2,3)24-15(22)19-8-6-17(7-9-19)20(14(21)11-25-17)10-12-4-5-13(18)23-12/h4-5H,6-11H2,1-3H3. The van der Waals surface area contributed by atoms with E-state index < -0.39 is 5.60 Å². The lowest BCUT2D eigenvalue weighted by molar-refractivity contribution is -0.132. The summed E-state index contributed by atoms with van der Waals surface area (Å²) in [4.78, 5) is 28.1. The van der Waals surface area contributed by atoms with Crippen LogP contribution in [0.25, 0.3) is 0 Å². The zero-order valence-corrected chi connectivity index (χ0v) is 17.1. The van der Waals surface area contributed by atoms with Gasteiger partial charge in [0.05, 0.1) is 17.2 Å². The summed E-state index contributed by atoms with van der Waals surface area (Å²) in [7, 11) is 0. The molecule has 0 atom stereocenters. The summed E-state index contributed by atoms with van der Waals surface area (Å²) >= 11 is 4.98. The summed E-state index contributed by atoms with van der Waals surface area (Å²) in [6, 6.07) is 3.71. The summed E-state index contributed by atoms with van der Waals surface area (Å²) < 4.78 is 11.7. The number of hydrogen-bond acceptors (Lipinski definition) is 5. The van der Waals surface area contributed by atoms with Crippen molar-refractivity contribution >= 4 is 39.7 Å². The Morgan fingerprint density at radius 3 is 2.60 bits per heavy atom. The van der Waals surface area contributed by atoms with Crippen LogP contribution in [0.2, 0.25) is 0 Å². The summed E-state index contributed by atoms with van der Waals surface area (Å²) in [5, 5.41) is 0. The molecule has 3 rings (SSSR count). The number of ether oxygens (including phenoxy) is 1. The number of carbonyl (C=O) groups excluding carboxylic acids is 2. The molecule has 6 nitrogen and oxygen atoms in total. The second-order valence-corrected chi connectivity index (χ2v) is 9.51. The second-order valence-electron chi connectivity index (χ2n) is 7.39. The zero-order valence-electron chi connectivity index (χ0n) is 14.7. The predicted molar refractivity (Wildman–Crippen MR) is 99.2 cm³/mol. The molecule has 1 aromatic rings. The lowest BCUT2D eigenvalue weighted by Gasteiger charge is -2.43. The lowest BCUT2D eigenvalue weighted by atomic mass is 10.0. The molecule has 2 aliphatic rings. The van der Waals surface area contributed by atoms with E-state index in [-0.39, 0.29) is 16.9 Å². The zero-order chi connectivity index (χ0) is 18.2. The Kier molecular flexibility index (Phi) is 5.12. The number of thioether (sulfide) groups is 1. The van der Waals surface area contributed by atoms with Crippen molar-refractivity contribution in [3.05, 3.63) is 22.6 Å². The highest BCUT2D eigenvalue weighted by Crippen LogP contribution is 2.45. The molecule has 0 N–H and O–H groups in total. The molecule has 0 aliphatic carbocycles. The molecule has 0 bridgehead atoms. The third-order valence-electron chi connectivity index (χ3n) is 4.40. The molecule has 0 unspecified atom stereocenters. The fourth-order valence-electron chi connectivity index (χ4n) is 3.18. The van der Waals surface area contributed by atoms with Gasteiger partial charge in [0, 0.05) is 13.1 Å². The number of halogens is 1. The molecule has 2 amide bonds. The van der Waals surface area contributed by atoms with E-state index in [4.69, 9.17) is 9.15 Å². The molecule has 2 fully saturated rings. The Morgan fingerprint density at radius 2 is 2.04 bits per heavy atom. The number of likely N-dealkylation sites (tertiary alicyclic amines) is 1. The number of carbonyl (C=O) groups is 2. The molecule has 0 radical (unpaired) electrons. The topological polar surface area (TPSA) is 63.0 Å². The van der Waals surface area contributed by atoms with E-state index in [0.717, 1.165) is 18.6 Å². The monoisotopic (exact) mass is 430 g/mol. The maximum absolute atomic E-state index is 12.4. The van der Waals surface area contributed by atoms with Crippen molar-refractivity contribution in [2.45, 2.75) is 50.6 Å². The van der Waals surface area contributed by atoms with Gasteiger partial charge in [-0.15, -0.1) is 11.8 Å². The molecule has 2 aliphatic heterocycles. The number of furan rings is 1. The predicted octanol–water partition coefficient (Wildman–Crippen LogP) is 3.84. The van der Waals surface area contributed by atoms with Crippen LogP contribution in [-0.4, -0.2) is 51.1 Å². The minimum absolute atomic E-state index is 0.128. The molecule has 2 saturated heterocycles. The van der Waals surface area contributed by atoms with Gasteiger partial charge in [0.15, 0.2) is 4.67 Å². The molecule has 25 heavy (non-hydrogen) atoms. The molecule has 3 heterocycles. The van der Waals surface area contributed by atoms with E-state index in [1.165, 1.54) is 0 Å². The normalized spacial score (nSPS) is 20.4. The summed E-state index contributed by atoms with van der Waals surface area (Å²) in [5.41, 5.74) is -0.497. The molecular weight excluding hydrogens is 408 g/mol. The second kappa shape index (κ2) is 6.87. The van der Waals surface area contributed by atoms with E-state index in [2.05, 4.69) is 15.9 Å². The van der Waals surface area contributed by atoms with Gasteiger partial charge in [-0.3, -0.25) is 4.79 Å². The fraction of sp³-hybridized carbons (Fsp3) is 0.647. The molecule has 1 aromatic heterocycles. The number of piperidine rings is 1. The summed E-state index contributed by atoms with van der Waals surface area (Å²) in [5.74, 6) is 1.37. The van der Waals surface area contributed by atoms with Crippen LogP contribution in [0.15, 0.2) is 21.2 Å². The Labute approximate surface area is 160 Å². The highest BCUT2D eigenvalue weighted by atomic mass is 79.9. The number of rotatable bonds is 2. The quantitative estimate of drug-likeness (QED) is 0.712. The smallest absolute Gasteiger partial charge is 0.410 e. The first-order valence-electron chi connectivity index (χ1n) is 8.35. The fourth-order valence-corrected chi connectivity index (χ4v) is 4.86. The van der Waals surface area contributed by atoms with Crippen LogP contribution < -0.4 is 0 Å². The van der Waals surface area contributed by atoms with E-state index in [1.807, 2.05) is 37.8 Å². The Balaban J connectivity index is 1.66. The van der Waals surface area contributed by atoms with Crippen molar-refractivity contribution in [2.75, 3.05) is 18.8 Å². The highest BCUT2D eigenvalue weighted by molar-refractivity contribution is 9.10. The van der Waals surface area contributed by atoms with E-state index in [1.54, 1.807) is 16.7 Å². The van der Waals surface area contributed by atoms with Gasteiger partial charge in [-0.1, -0.05) is 0 Å². The van der Waals surface area contributed by atoms with Gasteiger partial charge in [0.1, 0.15) is 11.4 Å². The molecule has 1 spiro atoms. The number of amides is 2.